The number of carbonyl (C=O) groups is 1. The zero-order valence-electron chi connectivity index (χ0n) is 42.0. The topological polar surface area (TPSA) is 304 Å². The van der Waals surface area contributed by atoms with Crippen LogP contribution < -0.4 is 0 Å². The summed E-state index contributed by atoms with van der Waals surface area (Å²) >= 11 is 0. The zero-order chi connectivity index (χ0) is 51.1. The number of rotatable bonds is 13. The molecule has 26 atom stereocenters. The highest BCUT2D eigenvalue weighted by molar-refractivity contribution is 5.65. The molecule has 3 saturated heterocycles. The van der Waals surface area contributed by atoms with Crippen molar-refractivity contribution in [2.75, 3.05) is 13.2 Å². The molecule has 4 saturated carbocycles. The molecule has 3 heterocycles. The van der Waals surface area contributed by atoms with E-state index < -0.39 is 163 Å². The lowest BCUT2D eigenvalue weighted by molar-refractivity contribution is -0.382. The van der Waals surface area contributed by atoms with Crippen LogP contribution in [-0.4, -0.2) is 191 Å². The van der Waals surface area contributed by atoms with E-state index in [1.165, 1.54) is 13.8 Å². The Labute approximate surface area is 406 Å². The molecular weight excluding hydrogens is 905 g/mol. The number of ether oxygens (including phenoxy) is 7. The molecule has 22 unspecified atom stereocenters. The molecule has 7 rings (SSSR count). The second-order valence-corrected chi connectivity index (χ2v) is 23.7. The summed E-state index contributed by atoms with van der Waals surface area (Å²) in [7, 11) is 0. The van der Waals surface area contributed by atoms with Crippen molar-refractivity contribution in [1.82, 2.24) is 0 Å². The second-order valence-electron chi connectivity index (χ2n) is 23.7. The van der Waals surface area contributed by atoms with E-state index >= 15 is 0 Å². The van der Waals surface area contributed by atoms with E-state index in [0.717, 1.165) is 5.57 Å². The molecule has 0 radical (unpaired) electrons. The van der Waals surface area contributed by atoms with Crippen molar-refractivity contribution in [1.29, 1.82) is 0 Å². The Bertz CT molecular complexity index is 1810. The minimum Gasteiger partial charge on any atom is -0.463 e. The van der Waals surface area contributed by atoms with E-state index in [4.69, 9.17) is 33.2 Å². The van der Waals surface area contributed by atoms with Gasteiger partial charge >= 0.3 is 5.97 Å². The maximum absolute atomic E-state index is 12.8. The number of carbonyl (C=O) groups excluding carboxylic acids is 1. The molecule has 3 aliphatic heterocycles. The standard InChI is InChI=1S/C50H84O19/c1-22(2)12-11-15-50(10,69-44-40(62)37(59)34(56)28(20-51)66-44)25-13-17-48(8)32(25)26(53)18-30-47(7)16-14-31(54)46(5,6)42(47)27(19-49(30,48)9)65-45-41(38(60)35(57)29(67-45)21-63-24(4)52)68-43-39(61)36(58)33(55)23(3)64-43/h12,23,25-45,51,53-62H,11,13-21H2,1-10H3/t23?,25?,26?,27?,28?,29?,30?,31?,32?,33?,34?,35?,36?,37?,38?,39?,40?,41?,42?,43-,44?,45?,47+,48+,49+,50?/m0/s1. The van der Waals surface area contributed by atoms with Crippen LogP contribution in [0.25, 0.3) is 0 Å². The van der Waals surface area contributed by atoms with Gasteiger partial charge in [0, 0.05) is 6.92 Å². The molecule has 398 valence electrons. The normalized spacial score (nSPS) is 51.6. The van der Waals surface area contributed by atoms with Crippen LogP contribution in [0.3, 0.4) is 0 Å². The van der Waals surface area contributed by atoms with E-state index in [9.17, 15) is 61.0 Å². The van der Waals surface area contributed by atoms with Gasteiger partial charge in [-0.3, -0.25) is 4.79 Å². The van der Waals surface area contributed by atoms with Crippen LogP contribution in [0.4, 0.5) is 0 Å². The van der Waals surface area contributed by atoms with Crippen molar-refractivity contribution in [2.24, 2.45) is 45.3 Å². The molecule has 19 nitrogen and oxygen atoms in total. The maximum Gasteiger partial charge on any atom is 0.302 e. The molecule has 0 aromatic heterocycles. The number of fused-ring (bicyclic) bond motifs is 5. The van der Waals surface area contributed by atoms with Crippen LogP contribution in [0.15, 0.2) is 11.6 Å². The molecule has 0 amide bonds. The van der Waals surface area contributed by atoms with Crippen molar-refractivity contribution in [3.05, 3.63) is 11.6 Å². The molecule has 69 heavy (non-hydrogen) atoms. The lowest BCUT2D eigenvalue weighted by atomic mass is 9.34. The Hall–Kier alpha value is -1.47. The summed E-state index contributed by atoms with van der Waals surface area (Å²) in [6.07, 6.45) is -18.9. The van der Waals surface area contributed by atoms with Crippen LogP contribution in [0.2, 0.25) is 0 Å². The van der Waals surface area contributed by atoms with Crippen LogP contribution in [-0.2, 0) is 38.0 Å². The van der Waals surface area contributed by atoms with Crippen LogP contribution >= 0.6 is 0 Å². The average molecular weight is 989 g/mol. The van der Waals surface area contributed by atoms with Gasteiger partial charge < -0.3 is 89.3 Å². The zero-order valence-corrected chi connectivity index (χ0v) is 42.0. The monoisotopic (exact) mass is 989 g/mol. The highest BCUT2D eigenvalue weighted by atomic mass is 16.8. The number of hydrogen-bond donors (Lipinski definition) is 11. The van der Waals surface area contributed by atoms with Gasteiger partial charge in [-0.05, 0) is 124 Å². The van der Waals surface area contributed by atoms with Gasteiger partial charge in [-0.1, -0.05) is 46.3 Å². The predicted octanol–water partition coefficient (Wildman–Crippen LogP) is 0.542. The van der Waals surface area contributed by atoms with E-state index in [-0.39, 0.29) is 17.8 Å². The smallest absolute Gasteiger partial charge is 0.302 e. The quantitative estimate of drug-likeness (QED) is 0.0682. The summed E-state index contributed by atoms with van der Waals surface area (Å²) in [4.78, 5) is 12.0. The summed E-state index contributed by atoms with van der Waals surface area (Å²) in [6, 6.07) is 0. The highest BCUT2D eigenvalue weighted by Gasteiger charge is 2.74. The van der Waals surface area contributed by atoms with E-state index in [2.05, 4.69) is 26.8 Å². The van der Waals surface area contributed by atoms with Crippen molar-refractivity contribution in [2.45, 2.75) is 237 Å². The average Bonchev–Trinajstić information content (AvgIpc) is 3.66. The van der Waals surface area contributed by atoms with Crippen LogP contribution in [0, 0.1) is 45.3 Å². The van der Waals surface area contributed by atoms with Crippen molar-refractivity contribution in [3.63, 3.8) is 0 Å². The first-order chi connectivity index (χ1) is 32.1. The Morgan fingerprint density at radius 3 is 1.99 bits per heavy atom. The molecule has 11 N–H and O–H groups in total. The van der Waals surface area contributed by atoms with Crippen LogP contribution in [0.1, 0.15) is 121 Å². The minimum atomic E-state index is -1.77. The van der Waals surface area contributed by atoms with Gasteiger partial charge in [-0.25, -0.2) is 0 Å². The lowest BCUT2D eigenvalue weighted by Gasteiger charge is -2.72. The Balaban J connectivity index is 1.28. The summed E-state index contributed by atoms with van der Waals surface area (Å²) in [5, 5.41) is 123. The van der Waals surface area contributed by atoms with Gasteiger partial charge in [-0.15, -0.1) is 0 Å². The van der Waals surface area contributed by atoms with Crippen LogP contribution in [0.5, 0.6) is 0 Å². The van der Waals surface area contributed by atoms with E-state index in [1.807, 2.05) is 34.6 Å². The fourth-order valence-electron chi connectivity index (χ4n) is 15.1. The third kappa shape index (κ3) is 9.64. The van der Waals surface area contributed by atoms with Gasteiger partial charge in [-0.2, -0.15) is 0 Å². The van der Waals surface area contributed by atoms with Crippen molar-refractivity contribution < 1.29 is 94.1 Å². The predicted molar refractivity (Wildman–Crippen MR) is 243 cm³/mol. The van der Waals surface area contributed by atoms with Gasteiger partial charge in [0.05, 0.1) is 36.6 Å². The number of allylic oxidation sites excluding steroid dienone is 2. The summed E-state index contributed by atoms with van der Waals surface area (Å²) in [6.45, 7) is 18.2. The van der Waals surface area contributed by atoms with Crippen molar-refractivity contribution >= 4 is 5.97 Å². The number of aliphatic hydroxyl groups excluding tert-OH is 11. The third-order valence-corrected chi connectivity index (χ3v) is 18.9. The molecule has 0 aromatic rings. The maximum atomic E-state index is 12.8. The fourth-order valence-corrected chi connectivity index (χ4v) is 15.1. The summed E-state index contributed by atoms with van der Waals surface area (Å²) in [5.41, 5.74) is -2.55. The molecule has 0 aromatic carbocycles. The number of esters is 1. The molecular formula is C50H84O19. The number of hydrogen-bond acceptors (Lipinski definition) is 19. The molecule has 0 bridgehead atoms. The SMILES string of the molecule is CC(=O)OCC1OC(OC2C[C@]3(C)C(CC(O)C4C(C(C)(CCC=C(C)C)OC5OC(CO)C(O)C(O)C5O)CC[C@]43C)[C@@]3(C)CCC(O)C(C)(C)C23)C(O[C@@H]2OC(C)C(O)C(O)C2O)C(O)C1O. The summed E-state index contributed by atoms with van der Waals surface area (Å²) < 4.78 is 43.7. The van der Waals surface area contributed by atoms with Gasteiger partial charge in [0.1, 0.15) is 73.8 Å². The summed E-state index contributed by atoms with van der Waals surface area (Å²) in [5.74, 6) is -1.86. The van der Waals surface area contributed by atoms with Gasteiger partial charge in [0.15, 0.2) is 18.9 Å². The first-order valence-electron chi connectivity index (χ1n) is 25.2. The van der Waals surface area contributed by atoms with E-state index in [1.54, 1.807) is 0 Å². The van der Waals surface area contributed by atoms with Crippen molar-refractivity contribution in [3.8, 4) is 0 Å². The van der Waals surface area contributed by atoms with Gasteiger partial charge in [0.25, 0.3) is 0 Å². The Morgan fingerprint density at radius 1 is 0.725 bits per heavy atom. The Morgan fingerprint density at radius 2 is 1.35 bits per heavy atom. The second kappa shape index (κ2) is 20.3. The molecule has 19 heteroatoms. The first-order valence-corrected chi connectivity index (χ1v) is 25.2. The van der Waals surface area contributed by atoms with Gasteiger partial charge in [0.2, 0.25) is 0 Å². The fraction of sp³-hybridized carbons (Fsp3) is 0.940. The number of aliphatic hydroxyl groups is 11. The molecule has 7 fully saturated rings. The Kier molecular flexibility index (Phi) is 16.3. The largest absolute Gasteiger partial charge is 0.463 e. The third-order valence-electron chi connectivity index (χ3n) is 18.9. The molecule has 4 aliphatic carbocycles. The first kappa shape index (κ1) is 55.3. The lowest BCUT2D eigenvalue weighted by Crippen LogP contribution is -2.71. The molecule has 7 aliphatic rings. The van der Waals surface area contributed by atoms with E-state index in [0.29, 0.717) is 51.4 Å². The minimum absolute atomic E-state index is 0.108. The molecule has 0 spiro atoms. The highest BCUT2D eigenvalue weighted by Crippen LogP contribution is 2.76.